The topological polar surface area (TPSA) is 39.1 Å². The van der Waals surface area contributed by atoms with Crippen molar-refractivity contribution in [3.8, 4) is 5.75 Å². The summed E-state index contributed by atoms with van der Waals surface area (Å²) in [6.45, 7) is 3.98. The van der Waals surface area contributed by atoms with Gasteiger partial charge in [0.2, 0.25) is 0 Å². The molecule has 4 heteroatoms. The van der Waals surface area contributed by atoms with Crippen molar-refractivity contribution in [3.05, 3.63) is 47.3 Å². The molecule has 4 nitrogen and oxygen atoms in total. The smallest absolute Gasteiger partial charge is 0.122 e. The van der Waals surface area contributed by atoms with Gasteiger partial charge < -0.3 is 10.1 Å². The van der Waals surface area contributed by atoms with E-state index >= 15 is 0 Å². The van der Waals surface area contributed by atoms with Crippen LogP contribution < -0.4 is 10.1 Å². The zero-order chi connectivity index (χ0) is 13.9. The Morgan fingerprint density at radius 1 is 1.40 bits per heavy atom. The number of nitrogens with zero attached hydrogens (tertiary/aromatic N) is 2. The molecule has 0 aliphatic carbocycles. The lowest BCUT2D eigenvalue weighted by Gasteiger charge is -2.20. The molecular weight excluding hydrogens is 250 g/mol. The monoisotopic (exact) mass is 271 g/mol. The third-order valence-corrected chi connectivity index (χ3v) is 3.80. The Bertz CT molecular complexity index is 591. The van der Waals surface area contributed by atoms with Crippen molar-refractivity contribution in [1.82, 2.24) is 15.1 Å². The molecule has 20 heavy (non-hydrogen) atoms. The largest absolute Gasteiger partial charge is 0.493 e. The number of rotatable bonds is 5. The third-order valence-electron chi connectivity index (χ3n) is 3.80. The highest BCUT2D eigenvalue weighted by Crippen LogP contribution is 2.30. The van der Waals surface area contributed by atoms with Crippen molar-refractivity contribution in [2.24, 2.45) is 7.05 Å². The summed E-state index contributed by atoms with van der Waals surface area (Å²) >= 11 is 0. The van der Waals surface area contributed by atoms with E-state index in [1.165, 1.54) is 16.8 Å². The van der Waals surface area contributed by atoms with Crippen LogP contribution in [0, 0.1) is 0 Å². The van der Waals surface area contributed by atoms with E-state index in [2.05, 4.69) is 41.6 Å². The quantitative estimate of drug-likeness (QED) is 0.908. The molecule has 1 aromatic heterocycles. The minimum atomic E-state index is 0.188. The van der Waals surface area contributed by atoms with Crippen molar-refractivity contribution in [2.45, 2.75) is 25.8 Å². The number of benzene rings is 1. The van der Waals surface area contributed by atoms with Gasteiger partial charge in [-0.3, -0.25) is 4.68 Å². The van der Waals surface area contributed by atoms with Gasteiger partial charge >= 0.3 is 0 Å². The Morgan fingerprint density at radius 2 is 2.30 bits per heavy atom. The zero-order valence-corrected chi connectivity index (χ0v) is 12.1. The Hall–Kier alpha value is -1.81. The van der Waals surface area contributed by atoms with Gasteiger partial charge in [0.25, 0.3) is 0 Å². The fraction of sp³-hybridized carbons (Fsp3) is 0.438. The predicted molar refractivity (Wildman–Crippen MR) is 79.0 cm³/mol. The molecule has 106 valence electrons. The first-order valence-electron chi connectivity index (χ1n) is 7.26. The van der Waals surface area contributed by atoms with Gasteiger partial charge in [-0.2, -0.15) is 5.10 Å². The lowest BCUT2D eigenvalue weighted by Crippen LogP contribution is -2.25. The number of hydrogen-bond acceptors (Lipinski definition) is 3. The van der Waals surface area contributed by atoms with E-state index < -0.39 is 0 Å². The van der Waals surface area contributed by atoms with E-state index in [-0.39, 0.29) is 6.04 Å². The van der Waals surface area contributed by atoms with Crippen LogP contribution in [0.4, 0.5) is 0 Å². The Labute approximate surface area is 119 Å². The van der Waals surface area contributed by atoms with Crippen LogP contribution in [-0.2, 0) is 13.5 Å². The predicted octanol–water partition coefficient (Wildman–Crippen LogP) is 2.44. The maximum atomic E-state index is 5.59. The molecule has 0 saturated carbocycles. The van der Waals surface area contributed by atoms with Crippen LogP contribution in [0.5, 0.6) is 5.75 Å². The number of aryl methyl sites for hydroxylation is 1. The van der Waals surface area contributed by atoms with Gasteiger partial charge in [-0.05, 0) is 36.2 Å². The fourth-order valence-electron chi connectivity index (χ4n) is 2.74. The van der Waals surface area contributed by atoms with Gasteiger partial charge in [0.1, 0.15) is 5.75 Å². The summed E-state index contributed by atoms with van der Waals surface area (Å²) in [5.74, 6) is 1.04. The van der Waals surface area contributed by atoms with E-state index in [4.69, 9.17) is 4.74 Å². The highest BCUT2D eigenvalue weighted by molar-refractivity contribution is 5.42. The molecule has 2 heterocycles. The normalized spacial score (nSPS) is 14.9. The summed E-state index contributed by atoms with van der Waals surface area (Å²) in [5.41, 5.74) is 3.79. The first-order valence-corrected chi connectivity index (χ1v) is 7.26. The molecule has 0 spiro atoms. The van der Waals surface area contributed by atoms with E-state index in [9.17, 15) is 0 Å². The second kappa shape index (κ2) is 5.67. The second-order valence-corrected chi connectivity index (χ2v) is 5.23. The summed E-state index contributed by atoms with van der Waals surface area (Å²) in [6.07, 6.45) is 3.98. The van der Waals surface area contributed by atoms with E-state index in [0.717, 1.165) is 31.7 Å². The summed E-state index contributed by atoms with van der Waals surface area (Å²) in [7, 11) is 1.99. The molecule has 1 N–H and O–H groups in total. The van der Waals surface area contributed by atoms with E-state index in [0.29, 0.717) is 0 Å². The summed E-state index contributed by atoms with van der Waals surface area (Å²) < 4.78 is 7.53. The number of fused-ring (bicyclic) bond motifs is 1. The van der Waals surface area contributed by atoms with Crippen LogP contribution >= 0.6 is 0 Å². The molecule has 3 rings (SSSR count). The molecule has 0 amide bonds. The summed E-state index contributed by atoms with van der Waals surface area (Å²) in [6, 6.07) is 8.78. The van der Waals surface area contributed by atoms with Crippen molar-refractivity contribution < 1.29 is 4.74 Å². The minimum Gasteiger partial charge on any atom is -0.493 e. The molecule has 2 aromatic rings. The first-order chi connectivity index (χ1) is 9.79. The highest BCUT2D eigenvalue weighted by atomic mass is 16.5. The molecule has 1 aliphatic rings. The summed E-state index contributed by atoms with van der Waals surface area (Å²) in [4.78, 5) is 0. The van der Waals surface area contributed by atoms with Crippen molar-refractivity contribution >= 4 is 0 Å². The van der Waals surface area contributed by atoms with Crippen LogP contribution in [0.25, 0.3) is 0 Å². The Morgan fingerprint density at radius 3 is 3.05 bits per heavy atom. The lowest BCUT2D eigenvalue weighted by atomic mass is 10.00. The summed E-state index contributed by atoms with van der Waals surface area (Å²) in [5, 5.41) is 7.91. The molecule has 1 aromatic carbocycles. The molecule has 1 unspecified atom stereocenters. The molecular formula is C16H21N3O. The molecule has 1 aliphatic heterocycles. The standard InChI is InChI=1S/C16H21N3O/c1-3-8-17-16(14-6-9-18-19(14)2)13-4-5-15-12(11-13)7-10-20-15/h4-6,9,11,16-17H,3,7-8,10H2,1-2H3. The minimum absolute atomic E-state index is 0.188. The molecule has 0 saturated heterocycles. The second-order valence-electron chi connectivity index (χ2n) is 5.23. The zero-order valence-electron chi connectivity index (χ0n) is 12.1. The van der Waals surface area contributed by atoms with Gasteiger partial charge in [-0.1, -0.05) is 19.1 Å². The van der Waals surface area contributed by atoms with Crippen LogP contribution in [-0.4, -0.2) is 22.9 Å². The number of hydrogen-bond donors (Lipinski definition) is 1. The third kappa shape index (κ3) is 2.43. The van der Waals surface area contributed by atoms with E-state index in [1.54, 1.807) is 0 Å². The first kappa shape index (κ1) is 13.2. The molecule has 0 bridgehead atoms. The van der Waals surface area contributed by atoms with Gasteiger partial charge in [-0.15, -0.1) is 0 Å². The van der Waals surface area contributed by atoms with Gasteiger partial charge in [0.05, 0.1) is 18.3 Å². The van der Waals surface area contributed by atoms with Gasteiger partial charge in [0, 0.05) is 19.7 Å². The molecule has 1 atom stereocenters. The average Bonchev–Trinajstić information content (AvgIpc) is 3.08. The number of ether oxygens (including phenoxy) is 1. The number of nitrogens with one attached hydrogen (secondary N) is 1. The SMILES string of the molecule is CCCNC(c1ccc2c(c1)CCO2)c1ccnn1C. The fourth-order valence-corrected chi connectivity index (χ4v) is 2.74. The van der Waals surface area contributed by atoms with Crippen LogP contribution in [0.2, 0.25) is 0 Å². The van der Waals surface area contributed by atoms with Gasteiger partial charge in [-0.25, -0.2) is 0 Å². The molecule has 0 fully saturated rings. The maximum absolute atomic E-state index is 5.59. The highest BCUT2D eigenvalue weighted by Gasteiger charge is 2.19. The number of aromatic nitrogens is 2. The van der Waals surface area contributed by atoms with E-state index in [1.807, 2.05) is 17.9 Å². The average molecular weight is 271 g/mol. The Kier molecular flexibility index (Phi) is 3.74. The van der Waals surface area contributed by atoms with Crippen LogP contribution in [0.15, 0.2) is 30.5 Å². The van der Waals surface area contributed by atoms with Crippen LogP contribution in [0.1, 0.15) is 36.2 Å². The molecule has 0 radical (unpaired) electrons. The van der Waals surface area contributed by atoms with Gasteiger partial charge in [0.15, 0.2) is 0 Å². The van der Waals surface area contributed by atoms with Crippen molar-refractivity contribution in [3.63, 3.8) is 0 Å². The lowest BCUT2D eigenvalue weighted by molar-refractivity contribution is 0.356. The van der Waals surface area contributed by atoms with Crippen molar-refractivity contribution in [1.29, 1.82) is 0 Å². The Balaban J connectivity index is 1.94. The van der Waals surface area contributed by atoms with Crippen molar-refractivity contribution in [2.75, 3.05) is 13.2 Å². The maximum Gasteiger partial charge on any atom is 0.122 e. The van der Waals surface area contributed by atoms with Crippen LogP contribution in [0.3, 0.4) is 0 Å².